The molecule has 4 heteroatoms. The lowest BCUT2D eigenvalue weighted by atomic mass is 10.4. The minimum Gasteiger partial charge on any atom is -0.342 e. The fourth-order valence-corrected chi connectivity index (χ4v) is 2.09. The molecule has 1 heterocycles. The Labute approximate surface area is 84.0 Å². The Balaban J connectivity index is 2.16. The summed E-state index contributed by atoms with van der Waals surface area (Å²) >= 11 is 1.66. The third-order valence-electron chi connectivity index (χ3n) is 2.28. The molecule has 1 amide bonds. The van der Waals surface area contributed by atoms with Gasteiger partial charge >= 0.3 is 0 Å². The van der Waals surface area contributed by atoms with E-state index in [2.05, 4.69) is 6.92 Å². The first-order chi connectivity index (χ1) is 6.24. The maximum absolute atomic E-state index is 11.5. The quantitative estimate of drug-likeness (QED) is 0.729. The van der Waals surface area contributed by atoms with Crippen molar-refractivity contribution in [3.8, 4) is 0 Å². The van der Waals surface area contributed by atoms with Crippen molar-refractivity contribution >= 4 is 17.7 Å². The highest BCUT2D eigenvalue weighted by molar-refractivity contribution is 8.00. The van der Waals surface area contributed by atoms with E-state index in [0.717, 1.165) is 13.1 Å². The molecule has 0 saturated carbocycles. The molecule has 1 unspecified atom stereocenters. The second kappa shape index (κ2) is 5.50. The molecule has 1 rings (SSSR count). The molecule has 3 nitrogen and oxygen atoms in total. The van der Waals surface area contributed by atoms with Crippen LogP contribution in [0.5, 0.6) is 0 Å². The van der Waals surface area contributed by atoms with E-state index in [1.807, 2.05) is 4.90 Å². The number of nitrogens with two attached hydrogens (primary N) is 1. The summed E-state index contributed by atoms with van der Waals surface area (Å²) in [6.45, 7) is 4.62. The Bertz CT molecular complexity index is 169. The second-order valence-corrected chi connectivity index (χ2v) is 4.87. The number of hydrogen-bond donors (Lipinski definition) is 1. The van der Waals surface area contributed by atoms with Gasteiger partial charge in [-0.15, -0.1) is 11.8 Å². The molecule has 1 aliphatic rings. The van der Waals surface area contributed by atoms with Gasteiger partial charge in [0.15, 0.2) is 0 Å². The molecule has 0 aromatic rings. The first kappa shape index (κ1) is 10.9. The second-order valence-electron chi connectivity index (χ2n) is 3.45. The van der Waals surface area contributed by atoms with E-state index in [9.17, 15) is 4.79 Å². The monoisotopic (exact) mass is 202 g/mol. The largest absolute Gasteiger partial charge is 0.342 e. The Kier molecular flexibility index (Phi) is 4.59. The highest BCUT2D eigenvalue weighted by atomic mass is 32.2. The van der Waals surface area contributed by atoms with Crippen molar-refractivity contribution in [2.45, 2.75) is 25.0 Å². The van der Waals surface area contributed by atoms with E-state index in [1.165, 1.54) is 12.8 Å². The molecule has 1 saturated heterocycles. The van der Waals surface area contributed by atoms with Crippen LogP contribution in [0.2, 0.25) is 0 Å². The number of likely N-dealkylation sites (tertiary alicyclic amines) is 1. The maximum Gasteiger partial charge on any atom is 0.232 e. The number of carbonyl (C=O) groups excluding carboxylic acids is 1. The van der Waals surface area contributed by atoms with Gasteiger partial charge in [0.1, 0.15) is 0 Å². The number of hydrogen-bond acceptors (Lipinski definition) is 3. The Morgan fingerprint density at radius 2 is 2.15 bits per heavy atom. The van der Waals surface area contributed by atoms with Crippen LogP contribution in [-0.4, -0.2) is 41.4 Å². The predicted octanol–water partition coefficient (Wildman–Crippen LogP) is 0.689. The Morgan fingerprint density at radius 1 is 1.54 bits per heavy atom. The normalized spacial score (nSPS) is 19.1. The molecule has 76 valence electrons. The molecule has 13 heavy (non-hydrogen) atoms. The van der Waals surface area contributed by atoms with Gasteiger partial charge in [-0.3, -0.25) is 4.79 Å². The molecule has 0 radical (unpaired) electrons. The van der Waals surface area contributed by atoms with E-state index < -0.39 is 0 Å². The lowest BCUT2D eigenvalue weighted by Crippen LogP contribution is -2.30. The van der Waals surface area contributed by atoms with Gasteiger partial charge < -0.3 is 10.6 Å². The number of rotatable bonds is 4. The summed E-state index contributed by atoms with van der Waals surface area (Å²) in [4.78, 5) is 13.5. The van der Waals surface area contributed by atoms with E-state index in [-0.39, 0.29) is 5.91 Å². The highest BCUT2D eigenvalue weighted by Gasteiger charge is 2.17. The van der Waals surface area contributed by atoms with Gasteiger partial charge in [0, 0.05) is 24.9 Å². The molecule has 0 aromatic carbocycles. The van der Waals surface area contributed by atoms with Gasteiger partial charge in [0.2, 0.25) is 5.91 Å². The van der Waals surface area contributed by atoms with Crippen molar-refractivity contribution in [1.29, 1.82) is 0 Å². The van der Waals surface area contributed by atoms with Gasteiger partial charge in [0.05, 0.1) is 5.75 Å². The SMILES string of the molecule is CC(CN)SCC(=O)N1CCCC1. The van der Waals surface area contributed by atoms with Crippen LogP contribution in [0.3, 0.4) is 0 Å². The first-order valence-corrected chi connectivity index (χ1v) is 5.88. The van der Waals surface area contributed by atoms with Crippen LogP contribution in [0, 0.1) is 0 Å². The summed E-state index contributed by atoms with van der Waals surface area (Å²) in [6, 6.07) is 0. The molecular formula is C9H18N2OS. The lowest BCUT2D eigenvalue weighted by molar-refractivity contribution is -0.127. The van der Waals surface area contributed by atoms with Gasteiger partial charge in [-0.1, -0.05) is 6.92 Å². The van der Waals surface area contributed by atoms with Crippen molar-refractivity contribution in [3.63, 3.8) is 0 Å². The molecule has 0 aromatic heterocycles. The predicted molar refractivity (Wildman–Crippen MR) is 56.8 cm³/mol. The van der Waals surface area contributed by atoms with Crippen molar-refractivity contribution < 1.29 is 4.79 Å². The van der Waals surface area contributed by atoms with Gasteiger partial charge in [-0.25, -0.2) is 0 Å². The van der Waals surface area contributed by atoms with E-state index in [4.69, 9.17) is 5.73 Å². The fourth-order valence-electron chi connectivity index (χ4n) is 1.34. The smallest absolute Gasteiger partial charge is 0.232 e. The first-order valence-electron chi connectivity index (χ1n) is 4.83. The zero-order chi connectivity index (χ0) is 9.68. The molecule has 1 aliphatic heterocycles. The topological polar surface area (TPSA) is 46.3 Å². The van der Waals surface area contributed by atoms with Crippen molar-refractivity contribution in [3.05, 3.63) is 0 Å². The summed E-state index contributed by atoms with van der Waals surface area (Å²) in [5.41, 5.74) is 5.47. The van der Waals surface area contributed by atoms with Crippen molar-refractivity contribution in [1.82, 2.24) is 4.90 Å². The van der Waals surface area contributed by atoms with Crippen LogP contribution in [-0.2, 0) is 4.79 Å². The van der Waals surface area contributed by atoms with E-state index in [0.29, 0.717) is 17.5 Å². The summed E-state index contributed by atoms with van der Waals surface area (Å²) < 4.78 is 0. The summed E-state index contributed by atoms with van der Waals surface area (Å²) in [5.74, 6) is 0.876. The Morgan fingerprint density at radius 3 is 2.69 bits per heavy atom. The third kappa shape index (κ3) is 3.56. The minimum absolute atomic E-state index is 0.280. The van der Waals surface area contributed by atoms with Crippen LogP contribution < -0.4 is 5.73 Å². The van der Waals surface area contributed by atoms with E-state index in [1.54, 1.807) is 11.8 Å². The standard InChI is InChI=1S/C9H18N2OS/c1-8(6-10)13-7-9(12)11-4-2-3-5-11/h8H,2-7,10H2,1H3. The van der Waals surface area contributed by atoms with Crippen LogP contribution in [0.4, 0.5) is 0 Å². The third-order valence-corrected chi connectivity index (χ3v) is 3.46. The molecule has 0 aliphatic carbocycles. The molecule has 2 N–H and O–H groups in total. The molecular weight excluding hydrogens is 184 g/mol. The minimum atomic E-state index is 0.280. The average Bonchev–Trinajstić information content (AvgIpc) is 2.66. The van der Waals surface area contributed by atoms with Crippen molar-refractivity contribution in [2.24, 2.45) is 5.73 Å². The van der Waals surface area contributed by atoms with Gasteiger partial charge in [0.25, 0.3) is 0 Å². The lowest BCUT2D eigenvalue weighted by Gasteiger charge is -2.16. The number of carbonyl (C=O) groups is 1. The van der Waals surface area contributed by atoms with Crippen LogP contribution in [0.25, 0.3) is 0 Å². The number of nitrogens with zero attached hydrogens (tertiary/aromatic N) is 1. The van der Waals surface area contributed by atoms with Crippen molar-refractivity contribution in [2.75, 3.05) is 25.4 Å². The summed E-state index contributed by atoms with van der Waals surface area (Å²) in [6.07, 6.45) is 2.34. The molecule has 0 spiro atoms. The fraction of sp³-hybridized carbons (Fsp3) is 0.889. The van der Waals surface area contributed by atoms with Gasteiger partial charge in [-0.2, -0.15) is 0 Å². The van der Waals surface area contributed by atoms with Crippen LogP contribution >= 0.6 is 11.8 Å². The number of amides is 1. The average molecular weight is 202 g/mol. The molecule has 1 fully saturated rings. The molecule has 1 atom stereocenters. The maximum atomic E-state index is 11.5. The molecule has 0 bridgehead atoms. The zero-order valence-electron chi connectivity index (χ0n) is 8.16. The summed E-state index contributed by atoms with van der Waals surface area (Å²) in [5, 5.41) is 0.395. The van der Waals surface area contributed by atoms with E-state index >= 15 is 0 Å². The highest BCUT2D eigenvalue weighted by Crippen LogP contribution is 2.13. The number of thioether (sulfide) groups is 1. The van der Waals surface area contributed by atoms with Crippen LogP contribution in [0.15, 0.2) is 0 Å². The van der Waals surface area contributed by atoms with Gasteiger partial charge in [-0.05, 0) is 12.8 Å². The summed E-state index contributed by atoms with van der Waals surface area (Å²) in [7, 11) is 0. The zero-order valence-corrected chi connectivity index (χ0v) is 8.98. The van der Waals surface area contributed by atoms with Crippen LogP contribution in [0.1, 0.15) is 19.8 Å². The Hall–Kier alpha value is -0.220.